The zero-order chi connectivity index (χ0) is 15.3. The summed E-state index contributed by atoms with van der Waals surface area (Å²) in [6.07, 6.45) is 7.95. The molecule has 120 valence electrons. The van der Waals surface area contributed by atoms with E-state index in [2.05, 4.69) is 48.2 Å². The predicted octanol–water partition coefficient (Wildman–Crippen LogP) is 3.87. The Morgan fingerprint density at radius 1 is 1.38 bits per heavy atom. The third kappa shape index (κ3) is 4.46. The smallest absolute Gasteiger partial charge is 0.183 e. The minimum Gasteiger partial charge on any atom is -0.313 e. The number of H-pyrrole nitrogens is 1. The predicted molar refractivity (Wildman–Crippen MR) is 89.5 cm³/mol. The van der Waals surface area contributed by atoms with Crippen molar-refractivity contribution in [3.63, 3.8) is 0 Å². The van der Waals surface area contributed by atoms with Gasteiger partial charge in [0.25, 0.3) is 0 Å². The lowest BCUT2D eigenvalue weighted by atomic mass is 9.68. The van der Waals surface area contributed by atoms with Crippen LogP contribution in [0.2, 0.25) is 0 Å². The Hall–Kier alpha value is -0.550. The number of nitrogens with one attached hydrogen (secondary N) is 2. The molecule has 3 atom stereocenters. The van der Waals surface area contributed by atoms with Crippen LogP contribution in [-0.2, 0) is 0 Å². The molecule has 0 spiro atoms. The van der Waals surface area contributed by atoms with Crippen molar-refractivity contribution in [2.45, 2.75) is 76.2 Å². The molecule has 3 unspecified atom stereocenters. The summed E-state index contributed by atoms with van der Waals surface area (Å²) < 4.78 is 0. The summed E-state index contributed by atoms with van der Waals surface area (Å²) in [7, 11) is 0. The van der Waals surface area contributed by atoms with Crippen LogP contribution in [0.1, 0.15) is 59.8 Å². The van der Waals surface area contributed by atoms with Gasteiger partial charge in [0, 0.05) is 11.3 Å². The second-order valence-electron chi connectivity index (χ2n) is 6.86. The molecule has 2 N–H and O–H groups in total. The maximum atomic E-state index is 4.30. The fraction of sp³-hybridized carbons (Fsp3) is 0.875. The Labute approximate surface area is 133 Å². The Kier molecular flexibility index (Phi) is 6.11. The van der Waals surface area contributed by atoms with Gasteiger partial charge in [-0.05, 0) is 43.6 Å². The van der Waals surface area contributed by atoms with E-state index in [4.69, 9.17) is 0 Å². The van der Waals surface area contributed by atoms with E-state index in [0.29, 0.717) is 16.7 Å². The molecule has 1 aliphatic carbocycles. The van der Waals surface area contributed by atoms with Gasteiger partial charge in [-0.1, -0.05) is 45.9 Å². The van der Waals surface area contributed by atoms with Gasteiger partial charge in [-0.2, -0.15) is 5.10 Å². The summed E-state index contributed by atoms with van der Waals surface area (Å²) in [6.45, 7) is 10.5. The zero-order valence-corrected chi connectivity index (χ0v) is 14.7. The van der Waals surface area contributed by atoms with Crippen molar-refractivity contribution in [3.05, 3.63) is 6.33 Å². The average Bonchev–Trinajstić information content (AvgIpc) is 2.98. The summed E-state index contributed by atoms with van der Waals surface area (Å²) in [5, 5.41) is 12.3. The third-order valence-corrected chi connectivity index (χ3v) is 6.36. The first-order chi connectivity index (χ1) is 10.1. The number of aromatic nitrogens is 3. The first-order valence-corrected chi connectivity index (χ1v) is 9.20. The van der Waals surface area contributed by atoms with E-state index < -0.39 is 0 Å². The minimum absolute atomic E-state index is 0.440. The van der Waals surface area contributed by atoms with Gasteiger partial charge < -0.3 is 5.32 Å². The molecule has 0 aliphatic heterocycles. The molecule has 1 aliphatic rings. The Morgan fingerprint density at radius 3 is 2.81 bits per heavy atom. The van der Waals surface area contributed by atoms with Crippen LogP contribution < -0.4 is 5.32 Å². The minimum atomic E-state index is 0.440. The van der Waals surface area contributed by atoms with Crippen LogP contribution in [0.5, 0.6) is 0 Å². The fourth-order valence-corrected chi connectivity index (χ4v) is 4.44. The second kappa shape index (κ2) is 7.63. The van der Waals surface area contributed by atoms with Gasteiger partial charge in [0.2, 0.25) is 0 Å². The van der Waals surface area contributed by atoms with Crippen molar-refractivity contribution in [2.24, 2.45) is 11.3 Å². The van der Waals surface area contributed by atoms with Crippen LogP contribution in [0.3, 0.4) is 0 Å². The van der Waals surface area contributed by atoms with Crippen molar-refractivity contribution in [1.82, 2.24) is 20.5 Å². The lowest BCUT2D eigenvalue weighted by Crippen LogP contribution is -2.45. The van der Waals surface area contributed by atoms with Crippen molar-refractivity contribution < 1.29 is 0 Å². The SMILES string of the molecule is CCCNC1CCC(C(C)(C)CC)CC1Sc1ncn[nH]1. The summed E-state index contributed by atoms with van der Waals surface area (Å²) in [5.74, 6) is 0.808. The van der Waals surface area contributed by atoms with E-state index in [9.17, 15) is 0 Å². The molecule has 0 radical (unpaired) electrons. The molecule has 1 aromatic heterocycles. The van der Waals surface area contributed by atoms with E-state index in [1.807, 2.05) is 11.8 Å². The Morgan fingerprint density at radius 2 is 2.19 bits per heavy atom. The lowest BCUT2D eigenvalue weighted by Gasteiger charge is -2.43. The van der Waals surface area contributed by atoms with Gasteiger partial charge in [-0.3, -0.25) is 5.10 Å². The van der Waals surface area contributed by atoms with Gasteiger partial charge >= 0.3 is 0 Å². The van der Waals surface area contributed by atoms with E-state index in [1.54, 1.807) is 6.33 Å². The van der Waals surface area contributed by atoms with Crippen LogP contribution in [-0.4, -0.2) is 33.0 Å². The van der Waals surface area contributed by atoms with Crippen LogP contribution in [0.25, 0.3) is 0 Å². The molecule has 1 aromatic rings. The largest absolute Gasteiger partial charge is 0.313 e. The summed E-state index contributed by atoms with van der Waals surface area (Å²) in [6, 6.07) is 0.601. The van der Waals surface area contributed by atoms with Crippen molar-refractivity contribution >= 4 is 11.8 Å². The lowest BCUT2D eigenvalue weighted by molar-refractivity contribution is 0.141. The highest BCUT2D eigenvalue weighted by molar-refractivity contribution is 7.99. The Bertz CT molecular complexity index is 404. The van der Waals surface area contributed by atoms with E-state index in [0.717, 1.165) is 17.6 Å². The highest BCUT2D eigenvalue weighted by atomic mass is 32.2. The van der Waals surface area contributed by atoms with Gasteiger partial charge in [-0.15, -0.1) is 0 Å². The van der Waals surface area contributed by atoms with Crippen molar-refractivity contribution in [1.29, 1.82) is 0 Å². The quantitative estimate of drug-likeness (QED) is 0.802. The van der Waals surface area contributed by atoms with Crippen LogP contribution in [0, 0.1) is 11.3 Å². The number of rotatable bonds is 7. The number of hydrogen-bond acceptors (Lipinski definition) is 4. The molecule has 0 amide bonds. The molecule has 0 bridgehead atoms. The normalized spacial score (nSPS) is 27.0. The molecule has 0 aromatic carbocycles. The third-order valence-electron chi connectivity index (χ3n) is 5.12. The van der Waals surface area contributed by atoms with Gasteiger partial charge in [0.15, 0.2) is 5.16 Å². The molecule has 0 saturated heterocycles. The molecule has 2 rings (SSSR count). The van der Waals surface area contributed by atoms with E-state index in [-0.39, 0.29) is 0 Å². The number of thioether (sulfide) groups is 1. The second-order valence-corrected chi connectivity index (χ2v) is 8.09. The van der Waals surface area contributed by atoms with Gasteiger partial charge in [0.05, 0.1) is 0 Å². The standard InChI is InChI=1S/C16H30N4S/c1-5-9-17-13-8-7-12(16(3,4)6-2)10-14(13)21-15-18-11-19-20-15/h11-14,17H,5-10H2,1-4H3,(H,18,19,20). The molecular formula is C16H30N4S. The monoisotopic (exact) mass is 310 g/mol. The first kappa shape index (κ1) is 16.8. The highest BCUT2D eigenvalue weighted by Crippen LogP contribution is 2.44. The maximum Gasteiger partial charge on any atom is 0.183 e. The Balaban J connectivity index is 2.03. The zero-order valence-electron chi connectivity index (χ0n) is 13.9. The van der Waals surface area contributed by atoms with Gasteiger partial charge in [-0.25, -0.2) is 4.98 Å². The van der Waals surface area contributed by atoms with E-state index >= 15 is 0 Å². The van der Waals surface area contributed by atoms with Crippen molar-refractivity contribution in [2.75, 3.05) is 6.54 Å². The van der Waals surface area contributed by atoms with Gasteiger partial charge in [0.1, 0.15) is 6.33 Å². The molecular weight excluding hydrogens is 280 g/mol. The molecule has 21 heavy (non-hydrogen) atoms. The number of hydrogen-bond donors (Lipinski definition) is 2. The van der Waals surface area contributed by atoms with Crippen molar-refractivity contribution in [3.8, 4) is 0 Å². The highest BCUT2D eigenvalue weighted by Gasteiger charge is 2.37. The summed E-state index contributed by atoms with van der Waals surface area (Å²) >= 11 is 1.87. The molecule has 1 fully saturated rings. The number of nitrogens with zero attached hydrogens (tertiary/aromatic N) is 2. The van der Waals surface area contributed by atoms with E-state index in [1.165, 1.54) is 32.1 Å². The summed E-state index contributed by atoms with van der Waals surface area (Å²) in [5.41, 5.74) is 0.440. The molecule has 1 heterocycles. The fourth-order valence-electron chi connectivity index (χ4n) is 3.22. The molecule has 4 nitrogen and oxygen atoms in total. The average molecular weight is 311 g/mol. The molecule has 1 saturated carbocycles. The van der Waals surface area contributed by atoms with Crippen LogP contribution >= 0.6 is 11.8 Å². The van der Waals surface area contributed by atoms with Crippen LogP contribution in [0.15, 0.2) is 11.5 Å². The van der Waals surface area contributed by atoms with Crippen LogP contribution in [0.4, 0.5) is 0 Å². The topological polar surface area (TPSA) is 53.6 Å². The summed E-state index contributed by atoms with van der Waals surface area (Å²) in [4.78, 5) is 4.30. The number of aromatic amines is 1. The molecule has 5 heteroatoms. The first-order valence-electron chi connectivity index (χ1n) is 8.32. The maximum absolute atomic E-state index is 4.30.